The number of nitrogens with one attached hydrogen (secondary N) is 2. The Bertz CT molecular complexity index is 1290. The summed E-state index contributed by atoms with van der Waals surface area (Å²) < 4.78 is 31.3. The van der Waals surface area contributed by atoms with Gasteiger partial charge >= 0.3 is 0 Å². The third kappa shape index (κ3) is 3.61. The van der Waals surface area contributed by atoms with Gasteiger partial charge in [-0.3, -0.25) is 9.71 Å². The van der Waals surface area contributed by atoms with E-state index < -0.39 is 10.0 Å². The van der Waals surface area contributed by atoms with E-state index in [1.165, 1.54) is 0 Å². The Morgan fingerprint density at radius 1 is 1.13 bits per heavy atom. The van der Waals surface area contributed by atoms with E-state index in [1.807, 2.05) is 18.2 Å². The Hall–Kier alpha value is -3.39. The first-order valence-electron chi connectivity index (χ1n) is 9.62. The van der Waals surface area contributed by atoms with Crippen LogP contribution in [0.3, 0.4) is 0 Å². The number of rotatable bonds is 4. The van der Waals surface area contributed by atoms with E-state index in [4.69, 9.17) is 9.72 Å². The molecule has 8 heteroatoms. The summed E-state index contributed by atoms with van der Waals surface area (Å²) in [6, 6.07) is 13.3. The van der Waals surface area contributed by atoms with Crippen LogP contribution in [0.1, 0.15) is 17.0 Å². The van der Waals surface area contributed by atoms with Crippen molar-refractivity contribution in [1.29, 1.82) is 0 Å². The van der Waals surface area contributed by atoms with Crippen LogP contribution in [0.5, 0.6) is 5.75 Å². The van der Waals surface area contributed by atoms with Crippen LogP contribution in [0.2, 0.25) is 0 Å². The zero-order chi connectivity index (χ0) is 20.7. The normalized spacial score (nSPS) is 14.8. The molecule has 0 radical (unpaired) electrons. The van der Waals surface area contributed by atoms with Crippen molar-refractivity contribution >= 4 is 27.0 Å². The summed E-state index contributed by atoms with van der Waals surface area (Å²) in [4.78, 5) is 9.48. The summed E-state index contributed by atoms with van der Waals surface area (Å²) in [5.74, 6) is 0.860. The summed E-state index contributed by atoms with van der Waals surface area (Å²) in [6.45, 7) is 1.45. The molecule has 0 unspecified atom stereocenters. The molecule has 2 aromatic carbocycles. The van der Waals surface area contributed by atoms with Crippen LogP contribution in [0.15, 0.2) is 54.7 Å². The number of anilines is 2. The van der Waals surface area contributed by atoms with Crippen molar-refractivity contribution in [2.45, 2.75) is 6.42 Å². The molecule has 3 aromatic rings. The zero-order valence-corrected chi connectivity index (χ0v) is 17.2. The number of aromatic nitrogens is 2. The molecule has 0 spiro atoms. The molecular weight excluding hydrogens is 400 g/mol. The second-order valence-corrected chi connectivity index (χ2v) is 9.06. The molecule has 2 N–H and O–H groups in total. The highest BCUT2D eigenvalue weighted by Gasteiger charge is 2.21. The third-order valence-electron chi connectivity index (χ3n) is 5.03. The fourth-order valence-corrected chi connectivity index (χ4v) is 4.29. The molecule has 1 aromatic heterocycles. The second-order valence-electron chi connectivity index (χ2n) is 7.31. The maximum atomic E-state index is 11.5. The molecular formula is C22H20N4O3S. The van der Waals surface area contributed by atoms with Gasteiger partial charge in [0.2, 0.25) is 10.0 Å². The van der Waals surface area contributed by atoms with Gasteiger partial charge in [0.25, 0.3) is 0 Å². The number of fused-ring (bicyclic) bond motifs is 2. The lowest BCUT2D eigenvalue weighted by molar-refractivity contribution is 0.323. The lowest BCUT2D eigenvalue weighted by Crippen LogP contribution is -2.18. The molecule has 7 nitrogen and oxygen atoms in total. The van der Waals surface area contributed by atoms with Crippen LogP contribution in [0.4, 0.5) is 11.4 Å². The lowest BCUT2D eigenvalue weighted by Gasteiger charge is -2.20. The molecule has 0 amide bonds. The quantitative estimate of drug-likeness (QED) is 0.673. The molecule has 5 rings (SSSR count). The average molecular weight is 420 g/mol. The fourth-order valence-electron chi connectivity index (χ4n) is 3.73. The summed E-state index contributed by atoms with van der Waals surface area (Å²) >= 11 is 0. The van der Waals surface area contributed by atoms with Crippen molar-refractivity contribution in [1.82, 2.24) is 9.97 Å². The summed E-state index contributed by atoms with van der Waals surface area (Å²) in [5.41, 5.74) is 6.85. The first kappa shape index (κ1) is 18.6. The summed E-state index contributed by atoms with van der Waals surface area (Å²) in [6.07, 6.45) is 5.73. The van der Waals surface area contributed by atoms with Gasteiger partial charge in [-0.15, -0.1) is 0 Å². The highest BCUT2D eigenvalue weighted by atomic mass is 32.2. The van der Waals surface area contributed by atoms with Crippen LogP contribution in [0.25, 0.3) is 16.8 Å². The van der Waals surface area contributed by atoms with E-state index in [-0.39, 0.29) is 0 Å². The number of hydrogen-bond donors (Lipinski definition) is 2. The second kappa shape index (κ2) is 7.14. The maximum absolute atomic E-state index is 11.5. The van der Waals surface area contributed by atoms with Gasteiger partial charge in [-0.2, -0.15) is 0 Å². The number of allylic oxidation sites excluding steroid dienone is 1. The fraction of sp³-hybridized carbons (Fsp3) is 0.182. The highest BCUT2D eigenvalue weighted by Crippen LogP contribution is 2.36. The zero-order valence-electron chi connectivity index (χ0n) is 16.3. The average Bonchev–Trinajstić information content (AvgIpc) is 3.15. The van der Waals surface area contributed by atoms with Crippen LogP contribution < -0.4 is 14.8 Å². The SMILES string of the molecule is CS(=O)(=O)Nc1cccc(-c2cnc3c(n2)C(c2ccc4c(c2)NCCO4)=CC3)c1. The predicted molar refractivity (Wildman–Crippen MR) is 117 cm³/mol. The maximum Gasteiger partial charge on any atom is 0.229 e. The van der Waals surface area contributed by atoms with E-state index in [0.29, 0.717) is 18.0 Å². The van der Waals surface area contributed by atoms with E-state index in [1.54, 1.807) is 24.4 Å². The minimum atomic E-state index is -3.35. The van der Waals surface area contributed by atoms with Crippen molar-refractivity contribution in [2.24, 2.45) is 0 Å². The summed E-state index contributed by atoms with van der Waals surface area (Å²) in [5, 5.41) is 3.37. The Morgan fingerprint density at radius 2 is 2.03 bits per heavy atom. The molecule has 0 saturated heterocycles. The number of hydrogen-bond acceptors (Lipinski definition) is 6. The third-order valence-corrected chi connectivity index (χ3v) is 5.64. The van der Waals surface area contributed by atoms with Gasteiger partial charge in [0.15, 0.2) is 0 Å². The molecule has 152 valence electrons. The van der Waals surface area contributed by atoms with Gasteiger partial charge in [-0.1, -0.05) is 24.3 Å². The molecule has 0 atom stereocenters. The molecule has 0 bridgehead atoms. The smallest absolute Gasteiger partial charge is 0.229 e. The van der Waals surface area contributed by atoms with Gasteiger partial charge in [-0.25, -0.2) is 13.4 Å². The molecule has 2 heterocycles. The van der Waals surface area contributed by atoms with Gasteiger partial charge < -0.3 is 10.1 Å². The first-order valence-corrected chi connectivity index (χ1v) is 11.5. The number of benzene rings is 2. The first-order chi connectivity index (χ1) is 14.5. The molecule has 1 aliphatic carbocycles. The summed E-state index contributed by atoms with van der Waals surface area (Å²) in [7, 11) is -3.35. The van der Waals surface area contributed by atoms with Crippen molar-refractivity contribution in [2.75, 3.05) is 29.4 Å². The largest absolute Gasteiger partial charge is 0.490 e. The van der Waals surface area contributed by atoms with E-state index in [0.717, 1.165) is 58.7 Å². The van der Waals surface area contributed by atoms with Gasteiger partial charge in [-0.05, 0) is 29.8 Å². The van der Waals surface area contributed by atoms with E-state index >= 15 is 0 Å². The Kier molecular flexibility index (Phi) is 4.43. The minimum Gasteiger partial charge on any atom is -0.490 e. The van der Waals surface area contributed by atoms with Gasteiger partial charge in [0, 0.05) is 29.8 Å². The van der Waals surface area contributed by atoms with Crippen molar-refractivity contribution in [3.63, 3.8) is 0 Å². The molecule has 30 heavy (non-hydrogen) atoms. The van der Waals surface area contributed by atoms with Crippen molar-refractivity contribution < 1.29 is 13.2 Å². The standard InChI is InChI=1S/C22H20N4O3S/c1-30(27,28)26-16-4-2-3-15(11-16)20-13-24-18-7-6-17(22(18)25-20)14-5-8-21-19(12-14)23-9-10-29-21/h2-6,8,11-13,23,26H,7,9-10H2,1H3. The van der Waals surface area contributed by atoms with Crippen LogP contribution in [0, 0.1) is 0 Å². The number of nitrogens with zero attached hydrogens (tertiary/aromatic N) is 2. The topological polar surface area (TPSA) is 93.2 Å². The minimum absolute atomic E-state index is 0.494. The molecule has 0 saturated carbocycles. The highest BCUT2D eigenvalue weighted by molar-refractivity contribution is 7.92. The van der Waals surface area contributed by atoms with Crippen LogP contribution in [-0.2, 0) is 16.4 Å². The van der Waals surface area contributed by atoms with Gasteiger partial charge in [0.1, 0.15) is 12.4 Å². The molecule has 1 aliphatic heterocycles. The lowest BCUT2D eigenvalue weighted by atomic mass is 10.0. The Balaban J connectivity index is 1.50. The van der Waals surface area contributed by atoms with Crippen LogP contribution >= 0.6 is 0 Å². The molecule has 2 aliphatic rings. The monoisotopic (exact) mass is 420 g/mol. The molecule has 0 fully saturated rings. The number of ether oxygens (including phenoxy) is 1. The van der Waals surface area contributed by atoms with Gasteiger partial charge in [0.05, 0.1) is 35.2 Å². The predicted octanol–water partition coefficient (Wildman–Crippen LogP) is 3.31. The van der Waals surface area contributed by atoms with Crippen molar-refractivity contribution in [3.05, 3.63) is 71.7 Å². The Morgan fingerprint density at radius 3 is 2.90 bits per heavy atom. The number of sulfonamides is 1. The Labute approximate surface area is 174 Å². The van der Waals surface area contributed by atoms with E-state index in [2.05, 4.69) is 27.2 Å². The van der Waals surface area contributed by atoms with E-state index in [9.17, 15) is 8.42 Å². The van der Waals surface area contributed by atoms with Crippen LogP contribution in [-0.4, -0.2) is 37.8 Å². The van der Waals surface area contributed by atoms with Crippen molar-refractivity contribution in [3.8, 4) is 17.0 Å².